The zero-order valence-electron chi connectivity index (χ0n) is 11.0. The molecule has 2 nitrogen and oxygen atoms in total. The molecule has 0 aliphatic heterocycles. The highest BCUT2D eigenvalue weighted by molar-refractivity contribution is 5.43. The third kappa shape index (κ3) is 4.04. The summed E-state index contributed by atoms with van der Waals surface area (Å²) < 4.78 is 0. The van der Waals surface area contributed by atoms with E-state index in [2.05, 4.69) is 13.8 Å². The van der Waals surface area contributed by atoms with Crippen LogP contribution in [0.5, 0.6) is 5.75 Å². The summed E-state index contributed by atoms with van der Waals surface area (Å²) in [5, 5.41) is 19.2. The van der Waals surface area contributed by atoms with Gasteiger partial charge in [-0.15, -0.1) is 0 Å². The minimum atomic E-state index is 0.000737. The molecule has 2 N–H and O–H groups in total. The lowest BCUT2D eigenvalue weighted by molar-refractivity contribution is 0.281. The van der Waals surface area contributed by atoms with Crippen molar-refractivity contribution in [2.24, 2.45) is 0 Å². The highest BCUT2D eigenvalue weighted by atomic mass is 16.3. The molecule has 96 valence electrons. The van der Waals surface area contributed by atoms with E-state index >= 15 is 0 Å². The van der Waals surface area contributed by atoms with Crippen LogP contribution in [0.25, 0.3) is 0 Å². The van der Waals surface area contributed by atoms with E-state index in [0.717, 1.165) is 49.7 Å². The summed E-state index contributed by atoms with van der Waals surface area (Å²) in [6.07, 6.45) is 6.45. The summed E-state index contributed by atoms with van der Waals surface area (Å²) in [6.45, 7) is 4.33. The molecule has 0 atom stereocenters. The lowest BCUT2D eigenvalue weighted by Gasteiger charge is -2.13. The van der Waals surface area contributed by atoms with E-state index in [1.807, 2.05) is 6.07 Å². The normalized spacial score (nSPS) is 10.8. The molecule has 0 fully saturated rings. The summed E-state index contributed by atoms with van der Waals surface area (Å²) in [5.41, 5.74) is 3.11. The Kier molecular flexibility index (Phi) is 6.06. The molecule has 1 aromatic carbocycles. The third-order valence-corrected chi connectivity index (χ3v) is 3.14. The fourth-order valence-corrected chi connectivity index (χ4v) is 2.10. The van der Waals surface area contributed by atoms with E-state index in [1.54, 1.807) is 6.07 Å². The monoisotopic (exact) mass is 236 g/mol. The molecule has 0 aliphatic rings. The van der Waals surface area contributed by atoms with Crippen molar-refractivity contribution in [2.45, 2.75) is 59.0 Å². The molecule has 1 aromatic rings. The topological polar surface area (TPSA) is 40.5 Å². The van der Waals surface area contributed by atoms with Crippen molar-refractivity contribution < 1.29 is 10.2 Å². The van der Waals surface area contributed by atoms with E-state index < -0.39 is 0 Å². The smallest absolute Gasteiger partial charge is 0.119 e. The van der Waals surface area contributed by atoms with Gasteiger partial charge in [-0.1, -0.05) is 32.8 Å². The first kappa shape index (κ1) is 14.0. The molecular formula is C15H24O2. The lowest BCUT2D eigenvalue weighted by Crippen LogP contribution is -1.98. The van der Waals surface area contributed by atoms with Crippen LogP contribution in [0.2, 0.25) is 0 Å². The average molecular weight is 236 g/mol. The molecule has 0 saturated heterocycles. The van der Waals surface area contributed by atoms with Crippen LogP contribution in [0.15, 0.2) is 12.1 Å². The molecule has 2 heteroatoms. The first-order valence-electron chi connectivity index (χ1n) is 6.67. The second-order valence-corrected chi connectivity index (χ2v) is 4.62. The molecule has 0 aliphatic carbocycles. The van der Waals surface area contributed by atoms with Crippen molar-refractivity contribution in [3.05, 3.63) is 28.8 Å². The van der Waals surface area contributed by atoms with Crippen molar-refractivity contribution in [3.8, 4) is 5.75 Å². The van der Waals surface area contributed by atoms with Crippen LogP contribution in [0.4, 0.5) is 0 Å². The Bertz CT molecular complexity index is 345. The number of phenols is 1. The van der Waals surface area contributed by atoms with Gasteiger partial charge in [-0.2, -0.15) is 0 Å². The van der Waals surface area contributed by atoms with E-state index in [1.165, 1.54) is 5.56 Å². The Morgan fingerprint density at radius 3 is 2.24 bits per heavy atom. The number of unbranched alkanes of at least 4 members (excludes halogenated alkanes) is 2. The van der Waals surface area contributed by atoms with Crippen molar-refractivity contribution in [2.75, 3.05) is 0 Å². The van der Waals surface area contributed by atoms with E-state index in [-0.39, 0.29) is 6.61 Å². The lowest BCUT2D eigenvalue weighted by atomic mass is 9.95. The molecule has 17 heavy (non-hydrogen) atoms. The first-order chi connectivity index (χ1) is 8.22. The number of aliphatic hydroxyl groups is 1. The highest BCUT2D eigenvalue weighted by Gasteiger charge is 2.09. The number of rotatable bonds is 7. The van der Waals surface area contributed by atoms with Crippen LogP contribution in [0.3, 0.4) is 0 Å². The predicted molar refractivity (Wildman–Crippen MR) is 71.3 cm³/mol. The molecule has 0 spiro atoms. The Morgan fingerprint density at radius 2 is 1.65 bits per heavy atom. The Balaban J connectivity index is 2.96. The summed E-state index contributed by atoms with van der Waals surface area (Å²) in [4.78, 5) is 0. The standard InChI is InChI=1S/C15H24O2/c1-3-5-7-13-9-12(11-16)10-15(17)14(13)8-6-4-2/h9-10,16-17H,3-8,11H2,1-2H3. The molecule has 0 amide bonds. The van der Waals surface area contributed by atoms with Gasteiger partial charge in [0, 0.05) is 0 Å². The maximum atomic E-state index is 10.0. The number of hydrogen-bond donors (Lipinski definition) is 2. The van der Waals surface area contributed by atoms with Gasteiger partial charge in [0.2, 0.25) is 0 Å². The number of aryl methyl sites for hydroxylation is 1. The molecular weight excluding hydrogens is 212 g/mol. The molecule has 0 radical (unpaired) electrons. The largest absolute Gasteiger partial charge is 0.508 e. The summed E-state index contributed by atoms with van der Waals surface area (Å²) in [7, 11) is 0. The van der Waals surface area contributed by atoms with Crippen molar-refractivity contribution in [3.63, 3.8) is 0 Å². The second-order valence-electron chi connectivity index (χ2n) is 4.62. The van der Waals surface area contributed by atoms with Gasteiger partial charge in [0.05, 0.1) is 6.61 Å². The van der Waals surface area contributed by atoms with Gasteiger partial charge in [-0.25, -0.2) is 0 Å². The van der Waals surface area contributed by atoms with Crippen LogP contribution in [-0.4, -0.2) is 10.2 Å². The summed E-state index contributed by atoms with van der Waals surface area (Å²) in [6, 6.07) is 3.74. The zero-order chi connectivity index (χ0) is 12.7. The molecule has 0 saturated carbocycles. The Morgan fingerprint density at radius 1 is 1.00 bits per heavy atom. The molecule has 0 aromatic heterocycles. The van der Waals surface area contributed by atoms with Gasteiger partial charge < -0.3 is 10.2 Å². The third-order valence-electron chi connectivity index (χ3n) is 3.14. The summed E-state index contributed by atoms with van der Waals surface area (Å²) >= 11 is 0. The summed E-state index contributed by atoms with van der Waals surface area (Å²) in [5.74, 6) is 0.358. The van der Waals surface area contributed by atoms with Gasteiger partial charge in [0.15, 0.2) is 0 Å². The second kappa shape index (κ2) is 7.33. The molecule has 0 unspecified atom stereocenters. The van der Waals surface area contributed by atoms with Gasteiger partial charge >= 0.3 is 0 Å². The fraction of sp³-hybridized carbons (Fsp3) is 0.600. The number of phenolic OH excluding ortho intramolecular Hbond substituents is 1. The van der Waals surface area contributed by atoms with Crippen LogP contribution in [0.1, 0.15) is 56.2 Å². The van der Waals surface area contributed by atoms with Crippen LogP contribution >= 0.6 is 0 Å². The van der Waals surface area contributed by atoms with Gasteiger partial charge in [0.1, 0.15) is 5.75 Å². The van der Waals surface area contributed by atoms with Gasteiger partial charge in [0.25, 0.3) is 0 Å². The van der Waals surface area contributed by atoms with Gasteiger partial charge in [-0.3, -0.25) is 0 Å². The highest BCUT2D eigenvalue weighted by Crippen LogP contribution is 2.27. The van der Waals surface area contributed by atoms with Crippen molar-refractivity contribution >= 4 is 0 Å². The predicted octanol–water partition coefficient (Wildman–Crippen LogP) is 3.57. The zero-order valence-corrected chi connectivity index (χ0v) is 11.0. The van der Waals surface area contributed by atoms with Crippen LogP contribution in [0, 0.1) is 0 Å². The minimum Gasteiger partial charge on any atom is -0.508 e. The van der Waals surface area contributed by atoms with E-state index in [9.17, 15) is 5.11 Å². The maximum Gasteiger partial charge on any atom is 0.119 e. The van der Waals surface area contributed by atoms with Crippen molar-refractivity contribution in [1.82, 2.24) is 0 Å². The number of benzene rings is 1. The van der Waals surface area contributed by atoms with Crippen molar-refractivity contribution in [1.29, 1.82) is 0 Å². The van der Waals surface area contributed by atoms with Gasteiger partial charge in [-0.05, 0) is 48.4 Å². The first-order valence-corrected chi connectivity index (χ1v) is 6.67. The van der Waals surface area contributed by atoms with Crippen LogP contribution in [-0.2, 0) is 19.4 Å². The SMILES string of the molecule is CCCCc1cc(CO)cc(O)c1CCCC. The Hall–Kier alpha value is -1.02. The van der Waals surface area contributed by atoms with Crippen LogP contribution < -0.4 is 0 Å². The number of aromatic hydroxyl groups is 1. The average Bonchev–Trinajstić information content (AvgIpc) is 2.34. The molecule has 0 bridgehead atoms. The minimum absolute atomic E-state index is 0.000737. The van der Waals surface area contributed by atoms with E-state index in [0.29, 0.717) is 5.75 Å². The fourth-order valence-electron chi connectivity index (χ4n) is 2.10. The molecule has 1 rings (SSSR count). The quantitative estimate of drug-likeness (QED) is 0.759. The number of aliphatic hydroxyl groups excluding tert-OH is 1. The Labute approximate surface area is 104 Å². The number of hydrogen-bond acceptors (Lipinski definition) is 2. The maximum absolute atomic E-state index is 10.0. The van der Waals surface area contributed by atoms with E-state index in [4.69, 9.17) is 5.11 Å². The molecule has 0 heterocycles.